The standard InChI is InChI=1S/C10H18N2O4S/c13-10(14)11-7-1-3-8(4-2-7)12-17(15,16)9-5-6-9/h7-9,11-12H,1-6H2,(H,13,14)/t7-,8-. The van der Waals surface area contributed by atoms with Crippen LogP contribution in [0.3, 0.4) is 0 Å². The smallest absolute Gasteiger partial charge is 0.404 e. The molecular formula is C10H18N2O4S. The van der Waals surface area contributed by atoms with Crippen LogP contribution in [-0.4, -0.2) is 37.0 Å². The monoisotopic (exact) mass is 262 g/mol. The topological polar surface area (TPSA) is 95.5 Å². The number of amides is 1. The van der Waals surface area contributed by atoms with Crippen molar-refractivity contribution in [1.29, 1.82) is 0 Å². The van der Waals surface area contributed by atoms with Crippen molar-refractivity contribution in [2.24, 2.45) is 0 Å². The molecule has 2 rings (SSSR count). The third-order valence-corrected chi connectivity index (χ3v) is 5.36. The van der Waals surface area contributed by atoms with Gasteiger partial charge in [-0.2, -0.15) is 0 Å². The van der Waals surface area contributed by atoms with Gasteiger partial charge in [-0.25, -0.2) is 17.9 Å². The van der Waals surface area contributed by atoms with E-state index in [1.54, 1.807) is 0 Å². The highest BCUT2D eigenvalue weighted by Crippen LogP contribution is 2.29. The van der Waals surface area contributed by atoms with E-state index in [-0.39, 0.29) is 17.3 Å². The lowest BCUT2D eigenvalue weighted by atomic mass is 9.92. The molecule has 0 unspecified atom stereocenters. The van der Waals surface area contributed by atoms with Gasteiger partial charge in [0, 0.05) is 12.1 Å². The van der Waals surface area contributed by atoms with E-state index in [1.165, 1.54) is 0 Å². The van der Waals surface area contributed by atoms with Crippen LogP contribution >= 0.6 is 0 Å². The van der Waals surface area contributed by atoms with E-state index < -0.39 is 16.1 Å². The summed E-state index contributed by atoms with van der Waals surface area (Å²) < 4.78 is 26.1. The quantitative estimate of drug-likeness (QED) is 0.693. The third-order valence-electron chi connectivity index (χ3n) is 3.35. The number of carboxylic acid groups (broad SMARTS) is 1. The minimum Gasteiger partial charge on any atom is -0.465 e. The molecule has 2 saturated carbocycles. The Morgan fingerprint density at radius 1 is 1.00 bits per heavy atom. The molecule has 98 valence electrons. The lowest BCUT2D eigenvalue weighted by molar-refractivity contribution is 0.184. The molecule has 0 radical (unpaired) electrons. The maximum Gasteiger partial charge on any atom is 0.404 e. The van der Waals surface area contributed by atoms with Crippen molar-refractivity contribution >= 4 is 16.1 Å². The Labute approximate surface area is 101 Å². The highest BCUT2D eigenvalue weighted by Gasteiger charge is 2.37. The lowest BCUT2D eigenvalue weighted by Crippen LogP contribution is -2.44. The number of hydrogen-bond acceptors (Lipinski definition) is 3. The molecular weight excluding hydrogens is 244 g/mol. The minimum absolute atomic E-state index is 0.0209. The average Bonchev–Trinajstić information content (AvgIpc) is 3.03. The van der Waals surface area contributed by atoms with Crippen molar-refractivity contribution in [3.05, 3.63) is 0 Å². The average molecular weight is 262 g/mol. The molecule has 1 amide bonds. The molecule has 0 bridgehead atoms. The Kier molecular flexibility index (Phi) is 3.58. The molecule has 2 aliphatic carbocycles. The van der Waals surface area contributed by atoms with Crippen molar-refractivity contribution in [3.8, 4) is 0 Å². The van der Waals surface area contributed by atoms with Crippen LogP contribution in [0.5, 0.6) is 0 Å². The van der Waals surface area contributed by atoms with Crippen molar-refractivity contribution in [2.45, 2.75) is 55.9 Å². The fraction of sp³-hybridized carbons (Fsp3) is 0.900. The van der Waals surface area contributed by atoms with Crippen molar-refractivity contribution < 1.29 is 18.3 Å². The molecule has 7 heteroatoms. The predicted octanol–water partition coefficient (Wildman–Crippen LogP) is 0.647. The van der Waals surface area contributed by atoms with Gasteiger partial charge in [-0.1, -0.05) is 0 Å². The molecule has 17 heavy (non-hydrogen) atoms. The minimum atomic E-state index is -3.11. The molecule has 0 aromatic rings. The van der Waals surface area contributed by atoms with E-state index in [9.17, 15) is 13.2 Å². The van der Waals surface area contributed by atoms with E-state index in [2.05, 4.69) is 10.0 Å². The van der Waals surface area contributed by atoms with Gasteiger partial charge in [-0.3, -0.25) is 0 Å². The van der Waals surface area contributed by atoms with Crippen LogP contribution in [0, 0.1) is 0 Å². The maximum absolute atomic E-state index is 11.7. The molecule has 0 heterocycles. The maximum atomic E-state index is 11.7. The summed E-state index contributed by atoms with van der Waals surface area (Å²) in [6, 6.07) is -0.0541. The molecule has 0 atom stereocenters. The summed E-state index contributed by atoms with van der Waals surface area (Å²) in [5, 5.41) is 10.8. The molecule has 0 spiro atoms. The van der Waals surface area contributed by atoms with E-state index in [4.69, 9.17) is 5.11 Å². The second kappa shape index (κ2) is 4.81. The van der Waals surface area contributed by atoms with Gasteiger partial charge in [0.15, 0.2) is 0 Å². The summed E-state index contributed by atoms with van der Waals surface area (Å²) in [6.07, 6.45) is 3.34. The van der Waals surface area contributed by atoms with Crippen molar-refractivity contribution in [3.63, 3.8) is 0 Å². The van der Waals surface area contributed by atoms with Crippen LogP contribution in [0.2, 0.25) is 0 Å². The number of sulfonamides is 1. The van der Waals surface area contributed by atoms with Crippen molar-refractivity contribution in [1.82, 2.24) is 10.0 Å². The first-order valence-electron chi connectivity index (χ1n) is 5.98. The Morgan fingerprint density at radius 2 is 1.53 bits per heavy atom. The molecule has 3 N–H and O–H groups in total. The summed E-state index contributed by atoms with van der Waals surface area (Å²) in [5.41, 5.74) is 0. The zero-order valence-electron chi connectivity index (χ0n) is 9.55. The largest absolute Gasteiger partial charge is 0.465 e. The Bertz CT molecular complexity index is 383. The summed E-state index contributed by atoms with van der Waals surface area (Å²) in [5.74, 6) is 0. The molecule has 0 aromatic carbocycles. The molecule has 2 aliphatic rings. The van der Waals surface area contributed by atoms with Gasteiger partial charge in [0.05, 0.1) is 5.25 Å². The normalized spacial score (nSPS) is 29.9. The van der Waals surface area contributed by atoms with Gasteiger partial charge in [0.25, 0.3) is 0 Å². The summed E-state index contributed by atoms with van der Waals surface area (Å²) in [7, 11) is -3.11. The van der Waals surface area contributed by atoms with Gasteiger partial charge < -0.3 is 10.4 Å². The number of nitrogens with one attached hydrogen (secondary N) is 2. The number of carbonyl (C=O) groups is 1. The van der Waals surface area contributed by atoms with Gasteiger partial charge in [0.1, 0.15) is 0 Å². The fourth-order valence-corrected chi connectivity index (χ4v) is 3.89. The van der Waals surface area contributed by atoms with Gasteiger partial charge in [-0.15, -0.1) is 0 Å². The third kappa shape index (κ3) is 3.57. The van der Waals surface area contributed by atoms with Crippen LogP contribution in [-0.2, 0) is 10.0 Å². The molecule has 2 fully saturated rings. The molecule has 6 nitrogen and oxygen atoms in total. The van der Waals surface area contributed by atoms with Crippen LogP contribution in [0.15, 0.2) is 0 Å². The number of hydrogen-bond donors (Lipinski definition) is 3. The Hall–Kier alpha value is -0.820. The van der Waals surface area contributed by atoms with Gasteiger partial charge in [-0.05, 0) is 38.5 Å². The Balaban J connectivity index is 1.77. The van der Waals surface area contributed by atoms with Gasteiger partial charge in [0.2, 0.25) is 10.0 Å². The molecule has 0 saturated heterocycles. The van der Waals surface area contributed by atoms with E-state index in [1.807, 2.05) is 0 Å². The van der Waals surface area contributed by atoms with E-state index in [0.29, 0.717) is 25.7 Å². The SMILES string of the molecule is O=C(O)N[C@H]1CC[C@H](NS(=O)(=O)C2CC2)CC1. The molecule has 0 aromatic heterocycles. The van der Waals surface area contributed by atoms with Crippen molar-refractivity contribution in [2.75, 3.05) is 0 Å². The van der Waals surface area contributed by atoms with E-state index >= 15 is 0 Å². The predicted molar refractivity (Wildman–Crippen MR) is 62.3 cm³/mol. The zero-order valence-corrected chi connectivity index (χ0v) is 10.4. The fourth-order valence-electron chi connectivity index (χ4n) is 2.24. The zero-order chi connectivity index (χ0) is 12.5. The highest BCUT2D eigenvalue weighted by molar-refractivity contribution is 7.90. The number of rotatable bonds is 4. The van der Waals surface area contributed by atoms with Crippen LogP contribution in [0.25, 0.3) is 0 Å². The lowest BCUT2D eigenvalue weighted by Gasteiger charge is -2.28. The first kappa shape index (κ1) is 12.6. The van der Waals surface area contributed by atoms with Gasteiger partial charge >= 0.3 is 6.09 Å². The second-order valence-corrected chi connectivity index (χ2v) is 6.85. The van der Waals surface area contributed by atoms with Crippen LogP contribution in [0.4, 0.5) is 4.79 Å². The highest BCUT2D eigenvalue weighted by atomic mass is 32.2. The van der Waals surface area contributed by atoms with E-state index in [0.717, 1.165) is 12.8 Å². The first-order chi connectivity index (χ1) is 7.97. The van der Waals surface area contributed by atoms with Crippen LogP contribution < -0.4 is 10.0 Å². The Morgan fingerprint density at radius 3 is 2.00 bits per heavy atom. The second-order valence-electron chi connectivity index (χ2n) is 4.86. The summed E-state index contributed by atoms with van der Waals surface area (Å²) in [6.45, 7) is 0. The summed E-state index contributed by atoms with van der Waals surface area (Å²) >= 11 is 0. The van der Waals surface area contributed by atoms with Crippen LogP contribution in [0.1, 0.15) is 38.5 Å². The summed E-state index contributed by atoms with van der Waals surface area (Å²) in [4.78, 5) is 10.5. The molecule has 0 aliphatic heterocycles. The first-order valence-corrected chi connectivity index (χ1v) is 7.52.